The van der Waals surface area contributed by atoms with Crippen LogP contribution in [0.5, 0.6) is 0 Å². The molecule has 0 aliphatic heterocycles. The van der Waals surface area contributed by atoms with Crippen molar-refractivity contribution in [2.45, 2.75) is 253 Å². The Hall–Kier alpha value is -1.59. The molecule has 0 radical (unpaired) electrons. The zero-order valence-corrected chi connectivity index (χ0v) is 35.4. The third-order valence-corrected chi connectivity index (χ3v) is 10.2. The van der Waals surface area contributed by atoms with E-state index in [0.717, 1.165) is 69.6 Å². The molecule has 0 amide bonds. The second-order valence-corrected chi connectivity index (χ2v) is 16.6. The van der Waals surface area contributed by atoms with Crippen molar-refractivity contribution in [1.29, 1.82) is 0 Å². The third kappa shape index (κ3) is 39.6. The number of hydrogen-bond donors (Lipinski definition) is 0. The van der Waals surface area contributed by atoms with Crippen LogP contribution < -0.4 is 0 Å². The Balaban J connectivity index is 4.33. The van der Waals surface area contributed by atoms with Gasteiger partial charge in [-0.15, -0.1) is 0 Å². The maximum absolute atomic E-state index is 12.7. The second kappa shape index (κ2) is 39.1. The predicted octanol–water partition coefficient (Wildman–Crippen LogP) is 14.2. The van der Waals surface area contributed by atoms with Gasteiger partial charge < -0.3 is 14.2 Å². The fourth-order valence-corrected chi connectivity index (χ4v) is 6.75. The van der Waals surface area contributed by atoms with Crippen molar-refractivity contribution in [1.82, 2.24) is 0 Å². The van der Waals surface area contributed by atoms with Crippen LogP contribution in [0.25, 0.3) is 0 Å². The van der Waals surface area contributed by atoms with Crippen LogP contribution in [0.4, 0.5) is 0 Å². The Bertz CT molecular complexity index is 794. The highest BCUT2D eigenvalue weighted by atomic mass is 16.6. The van der Waals surface area contributed by atoms with Gasteiger partial charge in [0.05, 0.1) is 0 Å². The van der Waals surface area contributed by atoms with Gasteiger partial charge >= 0.3 is 17.9 Å². The van der Waals surface area contributed by atoms with Crippen LogP contribution >= 0.6 is 0 Å². The minimum absolute atomic E-state index is 0.0656. The number of carbonyl (C=O) groups is 3. The molecule has 0 spiro atoms. The van der Waals surface area contributed by atoms with E-state index in [9.17, 15) is 14.4 Å². The van der Waals surface area contributed by atoms with Gasteiger partial charge in [0, 0.05) is 19.3 Å². The Morgan fingerprint density at radius 1 is 0.365 bits per heavy atom. The quantitative estimate of drug-likeness (QED) is 0.0354. The summed E-state index contributed by atoms with van der Waals surface area (Å²) < 4.78 is 16.7. The number of ether oxygens (including phenoxy) is 3. The minimum atomic E-state index is -0.760. The summed E-state index contributed by atoms with van der Waals surface area (Å²) in [5.41, 5.74) is 0. The molecule has 0 aromatic heterocycles. The minimum Gasteiger partial charge on any atom is -0.462 e. The molecule has 0 fully saturated rings. The number of carbonyl (C=O) groups excluding carboxylic acids is 3. The van der Waals surface area contributed by atoms with Crippen LogP contribution in [-0.4, -0.2) is 37.2 Å². The molecular weight excluding hydrogens is 648 g/mol. The van der Waals surface area contributed by atoms with E-state index in [4.69, 9.17) is 14.2 Å². The van der Waals surface area contributed by atoms with E-state index >= 15 is 0 Å². The van der Waals surface area contributed by atoms with Crippen molar-refractivity contribution in [3.8, 4) is 0 Å². The van der Waals surface area contributed by atoms with E-state index in [2.05, 4.69) is 34.6 Å². The van der Waals surface area contributed by atoms with Crippen molar-refractivity contribution in [3.63, 3.8) is 0 Å². The van der Waals surface area contributed by atoms with Crippen LogP contribution in [-0.2, 0) is 28.6 Å². The summed E-state index contributed by atoms with van der Waals surface area (Å²) in [6, 6.07) is 0. The molecule has 0 aliphatic rings. The molecule has 1 atom stereocenters. The van der Waals surface area contributed by atoms with Gasteiger partial charge in [0.15, 0.2) is 6.10 Å². The van der Waals surface area contributed by atoms with Crippen LogP contribution in [0.1, 0.15) is 247 Å². The standard InChI is InChI=1S/C46H88O6/c1-6-7-8-9-10-11-12-13-14-15-21-26-31-36-44(47)50-39-43(40-51-45(48)37-32-27-23-18-20-25-30-35-42(4)5)52-46(49)38-33-28-22-17-16-19-24-29-34-41(2)3/h41-43H,6-40H2,1-5H3/t43-/m1/s1. The highest BCUT2D eigenvalue weighted by Crippen LogP contribution is 2.16. The van der Waals surface area contributed by atoms with Gasteiger partial charge in [-0.05, 0) is 31.1 Å². The summed E-state index contributed by atoms with van der Waals surface area (Å²) in [5.74, 6) is 0.713. The molecule has 0 heterocycles. The molecular formula is C46H88O6. The van der Waals surface area contributed by atoms with Gasteiger partial charge in [0.25, 0.3) is 0 Å². The first-order valence-electron chi connectivity index (χ1n) is 22.7. The van der Waals surface area contributed by atoms with Crippen molar-refractivity contribution in [3.05, 3.63) is 0 Å². The van der Waals surface area contributed by atoms with Crippen LogP contribution in [0.3, 0.4) is 0 Å². The Morgan fingerprint density at radius 3 is 0.942 bits per heavy atom. The average Bonchev–Trinajstić information content (AvgIpc) is 3.11. The summed E-state index contributed by atoms with van der Waals surface area (Å²) in [6.07, 6.45) is 36.7. The van der Waals surface area contributed by atoms with Gasteiger partial charge in [-0.2, -0.15) is 0 Å². The number of unbranched alkanes of at least 4 members (excludes halogenated alkanes) is 25. The summed E-state index contributed by atoms with van der Waals surface area (Å²) in [4.78, 5) is 37.7. The SMILES string of the molecule is CCCCCCCCCCCCCCCC(=O)OC[C@H](COC(=O)CCCCCCCCCC(C)C)OC(=O)CCCCCCCCCCC(C)C. The van der Waals surface area contributed by atoms with E-state index in [0.29, 0.717) is 19.3 Å². The first-order chi connectivity index (χ1) is 25.2. The summed E-state index contributed by atoms with van der Waals surface area (Å²) in [6.45, 7) is 11.3. The Kier molecular flexibility index (Phi) is 37.9. The molecule has 0 saturated heterocycles. The molecule has 0 saturated carbocycles. The number of hydrogen-bond acceptors (Lipinski definition) is 6. The fraction of sp³-hybridized carbons (Fsp3) is 0.935. The second-order valence-electron chi connectivity index (χ2n) is 16.6. The highest BCUT2D eigenvalue weighted by molar-refractivity contribution is 5.71. The molecule has 0 aromatic rings. The molecule has 52 heavy (non-hydrogen) atoms. The lowest BCUT2D eigenvalue weighted by atomic mass is 10.0. The fourth-order valence-electron chi connectivity index (χ4n) is 6.75. The van der Waals surface area contributed by atoms with Gasteiger partial charge in [-0.3, -0.25) is 14.4 Å². The zero-order chi connectivity index (χ0) is 38.3. The topological polar surface area (TPSA) is 78.9 Å². The Morgan fingerprint density at radius 2 is 0.635 bits per heavy atom. The summed E-state index contributed by atoms with van der Waals surface area (Å²) >= 11 is 0. The Labute approximate surface area is 323 Å². The van der Waals surface area contributed by atoms with E-state index in [1.807, 2.05) is 0 Å². The monoisotopic (exact) mass is 737 g/mol. The van der Waals surface area contributed by atoms with Gasteiger partial charge in [0.1, 0.15) is 13.2 Å². The molecule has 6 heteroatoms. The van der Waals surface area contributed by atoms with Crippen molar-refractivity contribution in [2.24, 2.45) is 11.8 Å². The lowest BCUT2D eigenvalue weighted by Gasteiger charge is -2.18. The normalized spacial score (nSPS) is 12.1. The zero-order valence-electron chi connectivity index (χ0n) is 35.4. The largest absolute Gasteiger partial charge is 0.462 e. The predicted molar refractivity (Wildman–Crippen MR) is 220 cm³/mol. The first kappa shape index (κ1) is 50.4. The molecule has 0 rings (SSSR count). The van der Waals surface area contributed by atoms with Crippen molar-refractivity contribution >= 4 is 17.9 Å². The molecule has 0 aromatic carbocycles. The molecule has 308 valence electrons. The van der Waals surface area contributed by atoms with Crippen molar-refractivity contribution in [2.75, 3.05) is 13.2 Å². The van der Waals surface area contributed by atoms with Gasteiger partial charge in [-0.25, -0.2) is 0 Å². The molecule has 0 aliphatic carbocycles. The van der Waals surface area contributed by atoms with Gasteiger partial charge in [0.2, 0.25) is 0 Å². The molecule has 0 bridgehead atoms. The first-order valence-corrected chi connectivity index (χ1v) is 22.7. The van der Waals surface area contributed by atoms with Crippen LogP contribution in [0, 0.1) is 11.8 Å². The highest BCUT2D eigenvalue weighted by Gasteiger charge is 2.19. The summed E-state index contributed by atoms with van der Waals surface area (Å²) in [5, 5.41) is 0. The maximum atomic E-state index is 12.7. The number of esters is 3. The maximum Gasteiger partial charge on any atom is 0.306 e. The van der Waals surface area contributed by atoms with E-state index < -0.39 is 6.10 Å². The van der Waals surface area contributed by atoms with Crippen molar-refractivity contribution < 1.29 is 28.6 Å². The lowest BCUT2D eigenvalue weighted by molar-refractivity contribution is -0.167. The van der Waals surface area contributed by atoms with E-state index in [1.54, 1.807) is 0 Å². The number of rotatable bonds is 40. The van der Waals surface area contributed by atoms with E-state index in [1.165, 1.54) is 135 Å². The molecule has 6 nitrogen and oxygen atoms in total. The lowest BCUT2D eigenvalue weighted by Crippen LogP contribution is -2.30. The molecule has 0 unspecified atom stereocenters. The summed E-state index contributed by atoms with van der Waals surface area (Å²) in [7, 11) is 0. The van der Waals surface area contributed by atoms with Gasteiger partial charge in [-0.1, -0.05) is 208 Å². The smallest absolute Gasteiger partial charge is 0.306 e. The average molecular weight is 737 g/mol. The molecule has 0 N–H and O–H groups in total. The van der Waals surface area contributed by atoms with Crippen LogP contribution in [0.15, 0.2) is 0 Å². The van der Waals surface area contributed by atoms with E-state index in [-0.39, 0.29) is 31.1 Å². The third-order valence-electron chi connectivity index (χ3n) is 10.2. The van der Waals surface area contributed by atoms with Crippen LogP contribution in [0.2, 0.25) is 0 Å².